The molecule has 2 aromatic carbocycles. The van der Waals surface area contributed by atoms with Gasteiger partial charge in [-0.25, -0.2) is 29.3 Å². The lowest BCUT2D eigenvalue weighted by atomic mass is 10.2. The van der Waals surface area contributed by atoms with Crippen LogP contribution in [-0.4, -0.2) is 81.0 Å². The Morgan fingerprint density at radius 2 is 1.36 bits per heavy atom. The summed E-state index contributed by atoms with van der Waals surface area (Å²) in [6.07, 6.45) is -0.816. The maximum absolute atomic E-state index is 14.3. The number of urea groups is 1. The molecular formula is C33H42Cl2N6O9. The van der Waals surface area contributed by atoms with Gasteiger partial charge in [0.05, 0.1) is 32.2 Å². The van der Waals surface area contributed by atoms with Crippen LogP contribution >= 0.6 is 23.2 Å². The van der Waals surface area contributed by atoms with Crippen LogP contribution in [0.25, 0.3) is 0 Å². The Morgan fingerprint density at radius 3 is 1.88 bits per heavy atom. The second-order valence-corrected chi connectivity index (χ2v) is 13.3. The van der Waals surface area contributed by atoms with Crippen molar-refractivity contribution in [2.75, 3.05) is 62.0 Å². The van der Waals surface area contributed by atoms with Crippen LogP contribution in [-0.2, 0) is 14.2 Å². The van der Waals surface area contributed by atoms with Gasteiger partial charge in [0.1, 0.15) is 68.8 Å². The molecule has 50 heavy (non-hydrogen) atoms. The van der Waals surface area contributed by atoms with E-state index in [-0.39, 0.29) is 56.8 Å². The number of carbonyl (C=O) groups is 3. The molecule has 17 heteroatoms. The number of rotatable bonds is 10. The number of aromatic nitrogens is 2. The number of nitrogens with zero attached hydrogens (tertiary/aromatic N) is 5. The first-order chi connectivity index (χ1) is 23.3. The summed E-state index contributed by atoms with van der Waals surface area (Å²) in [5.74, 6) is 0.498. The van der Waals surface area contributed by atoms with E-state index in [1.54, 1.807) is 60.8 Å². The highest BCUT2D eigenvalue weighted by Crippen LogP contribution is 2.47. The van der Waals surface area contributed by atoms with E-state index >= 15 is 0 Å². The summed E-state index contributed by atoms with van der Waals surface area (Å²) >= 11 is 13.3. The van der Waals surface area contributed by atoms with Crippen molar-refractivity contribution < 1.29 is 42.8 Å². The number of ether oxygens (including phenoxy) is 6. The van der Waals surface area contributed by atoms with E-state index in [0.717, 1.165) is 16.1 Å². The molecule has 0 aliphatic heterocycles. The lowest BCUT2D eigenvalue weighted by molar-refractivity contribution is 0.0584. The van der Waals surface area contributed by atoms with E-state index in [0.29, 0.717) is 17.3 Å². The Bertz CT molecular complexity index is 1680. The van der Waals surface area contributed by atoms with E-state index in [1.165, 1.54) is 39.5 Å². The number of hydrogen-bond donors (Lipinski definition) is 1. The van der Waals surface area contributed by atoms with E-state index in [4.69, 9.17) is 57.4 Å². The zero-order valence-corrected chi connectivity index (χ0v) is 31.1. The van der Waals surface area contributed by atoms with Gasteiger partial charge in [0.25, 0.3) is 0 Å². The van der Waals surface area contributed by atoms with Crippen molar-refractivity contribution >= 4 is 70.1 Å². The molecule has 4 amide bonds. The molecule has 0 aliphatic rings. The number of nitrogens with two attached hydrogens (primary N) is 1. The lowest BCUT2D eigenvalue weighted by Crippen LogP contribution is -2.48. The Labute approximate surface area is 301 Å². The van der Waals surface area contributed by atoms with Crippen molar-refractivity contribution in [3.63, 3.8) is 0 Å². The van der Waals surface area contributed by atoms with Crippen LogP contribution < -0.4 is 34.6 Å². The van der Waals surface area contributed by atoms with Crippen molar-refractivity contribution in [2.24, 2.45) is 0 Å². The molecule has 1 heterocycles. The van der Waals surface area contributed by atoms with Crippen molar-refractivity contribution in [3.8, 4) is 17.2 Å². The summed E-state index contributed by atoms with van der Waals surface area (Å²) in [5.41, 5.74) is 4.56. The standard InChI is InChI=1S/C33H42Cl2N6O9/c1-32(2,3)49-30(43)40(21-12-11-19(15-20(21)36)48-14-13-45-8)25-17-24(37-18-38-25)39(7)29(42)41(31(44)50-33(4,5)6)28-26(34)22(46-9)16-23(47-10)27(28)35/h11-12,15-18H,13-14,36H2,1-10H3. The van der Waals surface area contributed by atoms with Crippen molar-refractivity contribution in [1.82, 2.24) is 9.97 Å². The molecule has 0 bridgehead atoms. The van der Waals surface area contributed by atoms with Crippen molar-refractivity contribution in [1.29, 1.82) is 0 Å². The van der Waals surface area contributed by atoms with E-state index in [9.17, 15) is 14.4 Å². The van der Waals surface area contributed by atoms with Crippen LogP contribution in [0.15, 0.2) is 36.7 Å². The summed E-state index contributed by atoms with van der Waals surface area (Å²) in [6.45, 7) is 10.6. The number of nitrogen functional groups attached to an aromatic ring is 1. The third-order valence-corrected chi connectivity index (χ3v) is 7.14. The number of anilines is 5. The smallest absolute Gasteiger partial charge is 0.423 e. The first-order valence-corrected chi connectivity index (χ1v) is 15.9. The first-order valence-electron chi connectivity index (χ1n) is 15.1. The highest BCUT2D eigenvalue weighted by atomic mass is 35.5. The third-order valence-electron chi connectivity index (χ3n) is 6.41. The average Bonchev–Trinajstić information content (AvgIpc) is 3.02. The zero-order chi connectivity index (χ0) is 37.6. The molecule has 0 fully saturated rings. The number of benzene rings is 2. The minimum atomic E-state index is -1.11. The number of methoxy groups -OCH3 is 3. The molecule has 0 saturated carbocycles. The molecule has 0 spiro atoms. The van der Waals surface area contributed by atoms with Crippen molar-refractivity contribution in [3.05, 3.63) is 46.7 Å². The van der Waals surface area contributed by atoms with Crippen molar-refractivity contribution in [2.45, 2.75) is 52.7 Å². The fourth-order valence-electron chi connectivity index (χ4n) is 4.22. The van der Waals surface area contributed by atoms with Gasteiger partial charge in [0.15, 0.2) is 0 Å². The molecule has 0 radical (unpaired) electrons. The number of amides is 4. The lowest BCUT2D eigenvalue weighted by Gasteiger charge is -2.31. The number of hydrogen-bond acceptors (Lipinski definition) is 12. The van der Waals surface area contributed by atoms with Crippen LogP contribution in [0.2, 0.25) is 10.0 Å². The summed E-state index contributed by atoms with van der Waals surface area (Å²) in [5, 5.41) is -0.342. The minimum absolute atomic E-state index is 0.0217. The van der Waals surface area contributed by atoms with Crippen LogP contribution in [0, 0.1) is 0 Å². The van der Waals surface area contributed by atoms with E-state index in [2.05, 4.69) is 9.97 Å². The summed E-state index contributed by atoms with van der Waals surface area (Å²) in [6, 6.07) is 6.44. The SMILES string of the molecule is COCCOc1ccc(N(C(=O)OC(C)(C)C)c2cc(N(C)C(=O)N(C(=O)OC(C)(C)C)c3c(Cl)c(OC)cc(OC)c3Cl)ncn2)c(N)c1. The van der Waals surface area contributed by atoms with Gasteiger partial charge in [-0.3, -0.25) is 4.90 Å². The van der Waals surface area contributed by atoms with Crippen LogP contribution in [0.3, 0.4) is 0 Å². The highest BCUT2D eigenvalue weighted by molar-refractivity contribution is 6.43. The zero-order valence-electron chi connectivity index (χ0n) is 29.6. The molecule has 15 nitrogen and oxygen atoms in total. The predicted molar refractivity (Wildman–Crippen MR) is 191 cm³/mol. The molecule has 3 rings (SSSR count). The molecule has 2 N–H and O–H groups in total. The predicted octanol–water partition coefficient (Wildman–Crippen LogP) is 7.48. The molecule has 0 unspecified atom stereocenters. The van der Waals surface area contributed by atoms with E-state index < -0.39 is 29.4 Å². The summed E-state index contributed by atoms with van der Waals surface area (Å²) in [7, 11) is 5.58. The maximum Gasteiger partial charge on any atom is 0.423 e. The second-order valence-electron chi connectivity index (χ2n) is 12.5. The monoisotopic (exact) mass is 736 g/mol. The van der Waals surface area contributed by atoms with E-state index in [1.807, 2.05) is 0 Å². The second kappa shape index (κ2) is 16.3. The Hall–Kier alpha value is -4.73. The van der Waals surface area contributed by atoms with Gasteiger partial charge >= 0.3 is 18.2 Å². The van der Waals surface area contributed by atoms with Gasteiger partial charge in [-0.15, -0.1) is 0 Å². The number of imide groups is 1. The van der Waals surface area contributed by atoms with Gasteiger partial charge in [-0.1, -0.05) is 23.2 Å². The minimum Gasteiger partial charge on any atom is -0.495 e. The van der Waals surface area contributed by atoms with Crippen LogP contribution in [0.4, 0.5) is 43.1 Å². The fraction of sp³-hybridized carbons (Fsp3) is 0.424. The molecule has 272 valence electrons. The first kappa shape index (κ1) is 39.7. The van der Waals surface area contributed by atoms with Gasteiger partial charge in [-0.05, 0) is 53.7 Å². The average molecular weight is 738 g/mol. The van der Waals surface area contributed by atoms with Gasteiger partial charge < -0.3 is 34.2 Å². The topological polar surface area (TPSA) is 168 Å². The normalized spacial score (nSPS) is 11.4. The Kier molecular flexibility index (Phi) is 13.0. The van der Waals surface area contributed by atoms with Crippen LogP contribution in [0.1, 0.15) is 41.5 Å². The molecule has 0 saturated heterocycles. The maximum atomic E-state index is 14.3. The summed E-state index contributed by atoms with van der Waals surface area (Å²) < 4.78 is 32.6. The Morgan fingerprint density at radius 1 is 0.800 bits per heavy atom. The molecule has 3 aromatic rings. The van der Waals surface area contributed by atoms with Gasteiger partial charge in [0.2, 0.25) is 0 Å². The third kappa shape index (κ3) is 9.70. The summed E-state index contributed by atoms with van der Waals surface area (Å²) in [4.78, 5) is 52.9. The molecule has 1 aromatic heterocycles. The fourth-order valence-corrected chi connectivity index (χ4v) is 4.89. The number of halogens is 2. The quantitative estimate of drug-likeness (QED) is 0.161. The molecule has 0 aliphatic carbocycles. The Balaban J connectivity index is 2.16. The van der Waals surface area contributed by atoms with Crippen LogP contribution in [0.5, 0.6) is 17.2 Å². The number of carbonyl (C=O) groups excluding carboxylic acids is 3. The van der Waals surface area contributed by atoms with Gasteiger partial charge in [0, 0.05) is 32.4 Å². The molecule has 0 atom stereocenters. The largest absolute Gasteiger partial charge is 0.495 e. The van der Waals surface area contributed by atoms with Gasteiger partial charge in [-0.2, -0.15) is 4.90 Å². The highest BCUT2D eigenvalue weighted by Gasteiger charge is 2.37. The molecular weight excluding hydrogens is 695 g/mol.